The first-order valence-electron chi connectivity index (χ1n) is 5.03. The van der Waals surface area contributed by atoms with Gasteiger partial charge in [-0.15, -0.1) is 0 Å². The number of benzene rings is 1. The fraction of sp³-hybridized carbons (Fsp3) is 0.0909. The highest BCUT2D eigenvalue weighted by Gasteiger charge is 2.20. The van der Waals surface area contributed by atoms with Crippen molar-refractivity contribution >= 4 is 15.5 Å². The zero-order chi connectivity index (χ0) is 13.2. The third-order valence-corrected chi connectivity index (χ3v) is 3.91. The van der Waals surface area contributed by atoms with Crippen LogP contribution in [-0.4, -0.2) is 18.4 Å². The summed E-state index contributed by atoms with van der Waals surface area (Å²) in [6, 6.07) is 4.79. The molecule has 2 rings (SSSR count). The first-order chi connectivity index (χ1) is 8.49. The summed E-state index contributed by atoms with van der Waals surface area (Å²) < 4.78 is 37.2. The number of nitrogens with zero attached hydrogens (tertiary/aromatic N) is 2. The van der Waals surface area contributed by atoms with Gasteiger partial charge in [-0.1, -0.05) is 0 Å². The smallest absolute Gasteiger partial charge is 0.187 e. The maximum absolute atomic E-state index is 13.1. The summed E-state index contributed by atoms with van der Waals surface area (Å²) in [5.41, 5.74) is 5.55. The van der Waals surface area contributed by atoms with E-state index in [0.29, 0.717) is 0 Å². The molecule has 0 saturated carbocycles. The second kappa shape index (κ2) is 4.69. The Bertz CT molecular complexity index is 659. The largest absolute Gasteiger partial charge is 0.398 e. The molecule has 0 aliphatic heterocycles. The van der Waals surface area contributed by atoms with Crippen LogP contribution in [0.15, 0.2) is 41.6 Å². The molecule has 18 heavy (non-hydrogen) atoms. The molecular weight excluding hydrogens is 257 g/mol. The van der Waals surface area contributed by atoms with Crippen molar-refractivity contribution in [1.82, 2.24) is 9.97 Å². The lowest BCUT2D eigenvalue weighted by Crippen LogP contribution is -2.10. The maximum Gasteiger partial charge on any atom is 0.187 e. The molecule has 0 aliphatic carbocycles. The number of aromatic nitrogens is 2. The van der Waals surface area contributed by atoms with Crippen molar-refractivity contribution in [2.45, 2.75) is 10.6 Å². The number of nitrogen functional groups attached to an aromatic ring is 1. The van der Waals surface area contributed by atoms with E-state index in [2.05, 4.69) is 9.97 Å². The Morgan fingerprint density at radius 1 is 1.22 bits per heavy atom. The summed E-state index contributed by atoms with van der Waals surface area (Å²) in [4.78, 5) is 7.39. The molecule has 1 aromatic heterocycles. The zero-order valence-electron chi connectivity index (χ0n) is 9.25. The number of halogens is 1. The molecule has 0 bridgehead atoms. The molecule has 94 valence electrons. The van der Waals surface area contributed by atoms with Gasteiger partial charge < -0.3 is 5.73 Å². The zero-order valence-corrected chi connectivity index (χ0v) is 10.1. The normalized spacial score (nSPS) is 11.4. The Hall–Kier alpha value is -2.02. The highest BCUT2D eigenvalue weighted by molar-refractivity contribution is 7.90. The summed E-state index contributed by atoms with van der Waals surface area (Å²) in [5.74, 6) is -0.931. The summed E-state index contributed by atoms with van der Waals surface area (Å²) in [6.45, 7) is 0. The molecule has 1 heterocycles. The SMILES string of the molecule is Nc1ccc(F)cc1S(=O)(=O)Cc1ncccn1. The van der Waals surface area contributed by atoms with Crippen molar-refractivity contribution in [1.29, 1.82) is 0 Å². The quantitative estimate of drug-likeness (QED) is 0.844. The Labute approximate surface area is 103 Å². The van der Waals surface area contributed by atoms with Gasteiger partial charge in [-0.2, -0.15) is 0 Å². The van der Waals surface area contributed by atoms with Crippen LogP contribution in [-0.2, 0) is 15.6 Å². The maximum atomic E-state index is 13.1. The minimum absolute atomic E-state index is 0.00679. The van der Waals surface area contributed by atoms with Gasteiger partial charge in [0.25, 0.3) is 0 Å². The van der Waals surface area contributed by atoms with Crippen molar-refractivity contribution in [3.63, 3.8) is 0 Å². The fourth-order valence-corrected chi connectivity index (χ4v) is 2.79. The molecule has 2 N–H and O–H groups in total. The Morgan fingerprint density at radius 2 is 1.89 bits per heavy atom. The molecule has 7 heteroatoms. The van der Waals surface area contributed by atoms with Gasteiger partial charge in [-0.05, 0) is 24.3 Å². The van der Waals surface area contributed by atoms with Crippen molar-refractivity contribution < 1.29 is 12.8 Å². The van der Waals surface area contributed by atoms with E-state index in [0.717, 1.165) is 12.1 Å². The van der Waals surface area contributed by atoms with Crippen LogP contribution in [0.5, 0.6) is 0 Å². The first kappa shape index (κ1) is 12.4. The van der Waals surface area contributed by atoms with Gasteiger partial charge in [-0.3, -0.25) is 0 Å². The van der Waals surface area contributed by atoms with Gasteiger partial charge in [0.05, 0.1) is 10.6 Å². The highest BCUT2D eigenvalue weighted by atomic mass is 32.2. The standard InChI is InChI=1S/C11H10FN3O2S/c12-8-2-3-9(13)10(6-8)18(16,17)7-11-14-4-1-5-15-11/h1-6H,7,13H2. The molecule has 2 aromatic rings. The summed E-state index contributed by atoms with van der Waals surface area (Å²) >= 11 is 0. The highest BCUT2D eigenvalue weighted by Crippen LogP contribution is 2.22. The van der Waals surface area contributed by atoms with E-state index in [1.165, 1.54) is 18.5 Å². The summed E-state index contributed by atoms with van der Waals surface area (Å²) in [7, 11) is -3.76. The Kier molecular flexibility index (Phi) is 3.24. The lowest BCUT2D eigenvalue weighted by molar-refractivity contribution is 0.589. The summed E-state index contributed by atoms with van der Waals surface area (Å²) in [5, 5.41) is 0. The molecule has 1 aromatic carbocycles. The van der Waals surface area contributed by atoms with E-state index in [9.17, 15) is 12.8 Å². The van der Waals surface area contributed by atoms with Gasteiger partial charge in [0.1, 0.15) is 17.4 Å². The number of rotatable bonds is 3. The van der Waals surface area contributed by atoms with Crippen molar-refractivity contribution in [3.8, 4) is 0 Å². The van der Waals surface area contributed by atoms with Gasteiger partial charge in [0.2, 0.25) is 0 Å². The van der Waals surface area contributed by atoms with Crippen LogP contribution in [0.4, 0.5) is 10.1 Å². The molecule has 0 unspecified atom stereocenters. The minimum atomic E-state index is -3.76. The number of nitrogens with two attached hydrogens (primary N) is 1. The lowest BCUT2D eigenvalue weighted by Gasteiger charge is -2.06. The topological polar surface area (TPSA) is 85.9 Å². The fourth-order valence-electron chi connectivity index (χ4n) is 1.43. The number of sulfone groups is 1. The molecule has 0 saturated heterocycles. The van der Waals surface area contributed by atoms with Gasteiger partial charge >= 0.3 is 0 Å². The average Bonchev–Trinajstić information content (AvgIpc) is 2.33. The van der Waals surface area contributed by atoms with Crippen molar-refractivity contribution in [3.05, 3.63) is 48.3 Å². The van der Waals surface area contributed by atoms with Crippen LogP contribution < -0.4 is 5.73 Å². The molecule has 0 radical (unpaired) electrons. The van der Waals surface area contributed by atoms with Crippen LogP contribution >= 0.6 is 0 Å². The monoisotopic (exact) mass is 267 g/mol. The van der Waals surface area contributed by atoms with Crippen LogP contribution in [0.25, 0.3) is 0 Å². The van der Waals surface area contributed by atoms with Crippen LogP contribution in [0.1, 0.15) is 5.82 Å². The van der Waals surface area contributed by atoms with Gasteiger partial charge in [0, 0.05) is 12.4 Å². The third kappa shape index (κ3) is 2.62. The summed E-state index contributed by atoms with van der Waals surface area (Å²) in [6.07, 6.45) is 2.87. The molecule has 0 spiro atoms. The molecule has 0 fully saturated rings. The van der Waals surface area contributed by atoms with Crippen LogP contribution in [0.3, 0.4) is 0 Å². The van der Waals surface area contributed by atoms with Crippen LogP contribution in [0.2, 0.25) is 0 Å². The number of hydrogen-bond donors (Lipinski definition) is 1. The molecule has 0 atom stereocenters. The second-order valence-electron chi connectivity index (χ2n) is 3.61. The number of hydrogen-bond acceptors (Lipinski definition) is 5. The molecule has 0 amide bonds. The van der Waals surface area contributed by atoms with Gasteiger partial charge in [0.15, 0.2) is 9.84 Å². The second-order valence-corrected chi connectivity index (χ2v) is 5.56. The predicted octanol–water partition coefficient (Wildman–Crippen LogP) is 1.17. The average molecular weight is 267 g/mol. The van der Waals surface area contributed by atoms with Crippen molar-refractivity contribution in [2.75, 3.05) is 5.73 Å². The van der Waals surface area contributed by atoms with E-state index < -0.39 is 21.4 Å². The van der Waals surface area contributed by atoms with E-state index in [1.54, 1.807) is 6.07 Å². The molecular formula is C11H10FN3O2S. The lowest BCUT2D eigenvalue weighted by atomic mass is 10.3. The minimum Gasteiger partial charge on any atom is -0.398 e. The molecule has 5 nitrogen and oxygen atoms in total. The first-order valence-corrected chi connectivity index (χ1v) is 6.68. The van der Waals surface area contributed by atoms with E-state index >= 15 is 0 Å². The van der Waals surface area contributed by atoms with Gasteiger partial charge in [-0.25, -0.2) is 22.8 Å². The van der Waals surface area contributed by atoms with E-state index in [1.807, 2.05) is 0 Å². The molecule has 0 aliphatic rings. The Balaban J connectivity index is 2.40. The Morgan fingerprint density at radius 3 is 2.56 bits per heavy atom. The predicted molar refractivity (Wildman–Crippen MR) is 63.7 cm³/mol. The van der Waals surface area contributed by atoms with E-state index in [4.69, 9.17) is 5.73 Å². The van der Waals surface area contributed by atoms with Crippen molar-refractivity contribution in [2.24, 2.45) is 0 Å². The number of anilines is 1. The van der Waals surface area contributed by atoms with Crippen LogP contribution in [0, 0.1) is 5.82 Å². The van der Waals surface area contributed by atoms with E-state index in [-0.39, 0.29) is 16.4 Å². The third-order valence-electron chi connectivity index (χ3n) is 2.25.